The van der Waals surface area contributed by atoms with Gasteiger partial charge >= 0.3 is 0 Å². The van der Waals surface area contributed by atoms with Gasteiger partial charge in [-0.05, 0) is 53.4 Å². The van der Waals surface area contributed by atoms with E-state index in [9.17, 15) is 4.79 Å². The Hall–Kier alpha value is -0.870. The predicted octanol–water partition coefficient (Wildman–Crippen LogP) is 3.27. The molecule has 3 nitrogen and oxygen atoms in total. The Morgan fingerprint density at radius 1 is 1.59 bits per heavy atom. The zero-order valence-electron chi connectivity index (χ0n) is 9.83. The van der Waals surface area contributed by atoms with Crippen LogP contribution in [0.3, 0.4) is 0 Å². The van der Waals surface area contributed by atoms with E-state index >= 15 is 0 Å². The second kappa shape index (κ2) is 5.65. The standard InChI is InChI=1S/C13H16BrNO2/c1-9-4-5-11(14)12(7-9)15-13(16)8-10-3-2-6-17-10/h4-5,7,10H,2-3,6,8H2,1H3,(H,15,16). The summed E-state index contributed by atoms with van der Waals surface area (Å²) in [5.41, 5.74) is 1.95. The van der Waals surface area contributed by atoms with Crippen LogP contribution in [0.15, 0.2) is 22.7 Å². The Morgan fingerprint density at radius 2 is 2.41 bits per heavy atom. The first-order valence-corrected chi connectivity index (χ1v) is 6.62. The molecule has 92 valence electrons. The van der Waals surface area contributed by atoms with Gasteiger partial charge in [-0.25, -0.2) is 0 Å². The number of ether oxygens (including phenoxy) is 1. The average molecular weight is 298 g/mol. The highest BCUT2D eigenvalue weighted by atomic mass is 79.9. The number of hydrogen-bond acceptors (Lipinski definition) is 2. The van der Waals surface area contributed by atoms with Crippen LogP contribution in [-0.4, -0.2) is 18.6 Å². The molecule has 1 saturated heterocycles. The van der Waals surface area contributed by atoms with Gasteiger partial charge in [0.15, 0.2) is 0 Å². The number of aryl methyl sites for hydroxylation is 1. The van der Waals surface area contributed by atoms with Crippen LogP contribution in [0, 0.1) is 6.92 Å². The molecule has 0 saturated carbocycles. The molecule has 0 aliphatic carbocycles. The summed E-state index contributed by atoms with van der Waals surface area (Å²) >= 11 is 3.43. The van der Waals surface area contributed by atoms with Crippen molar-refractivity contribution < 1.29 is 9.53 Å². The predicted molar refractivity (Wildman–Crippen MR) is 71.1 cm³/mol. The van der Waals surface area contributed by atoms with Crippen LogP contribution in [-0.2, 0) is 9.53 Å². The van der Waals surface area contributed by atoms with Gasteiger partial charge in [-0.3, -0.25) is 4.79 Å². The molecule has 1 fully saturated rings. The normalized spacial score (nSPS) is 19.3. The summed E-state index contributed by atoms with van der Waals surface area (Å²) < 4.78 is 6.35. The average Bonchev–Trinajstić information content (AvgIpc) is 2.76. The molecule has 4 heteroatoms. The largest absolute Gasteiger partial charge is 0.378 e. The van der Waals surface area contributed by atoms with E-state index in [-0.39, 0.29) is 12.0 Å². The maximum Gasteiger partial charge on any atom is 0.227 e. The lowest BCUT2D eigenvalue weighted by atomic mass is 10.1. The summed E-state index contributed by atoms with van der Waals surface area (Å²) in [4.78, 5) is 11.8. The molecular formula is C13H16BrNO2. The van der Waals surface area contributed by atoms with Crippen LogP contribution in [0.25, 0.3) is 0 Å². The number of halogens is 1. The summed E-state index contributed by atoms with van der Waals surface area (Å²) in [5.74, 6) is 0.0169. The third-order valence-corrected chi connectivity index (χ3v) is 3.52. The van der Waals surface area contributed by atoms with Crippen molar-refractivity contribution in [1.29, 1.82) is 0 Å². The molecule has 1 atom stereocenters. The molecule has 0 aromatic heterocycles. The minimum Gasteiger partial charge on any atom is -0.378 e. The van der Waals surface area contributed by atoms with E-state index in [2.05, 4.69) is 21.2 Å². The first kappa shape index (κ1) is 12.6. The van der Waals surface area contributed by atoms with Gasteiger partial charge < -0.3 is 10.1 Å². The lowest BCUT2D eigenvalue weighted by molar-refractivity contribution is -0.118. The molecule has 1 aromatic carbocycles. The fourth-order valence-electron chi connectivity index (χ4n) is 1.95. The van der Waals surface area contributed by atoms with Crippen molar-refractivity contribution in [2.75, 3.05) is 11.9 Å². The zero-order chi connectivity index (χ0) is 12.3. The number of amides is 1. The molecule has 1 N–H and O–H groups in total. The van der Waals surface area contributed by atoms with Crippen molar-refractivity contribution in [2.45, 2.75) is 32.3 Å². The smallest absolute Gasteiger partial charge is 0.227 e. The van der Waals surface area contributed by atoms with Crippen LogP contribution in [0.5, 0.6) is 0 Å². The van der Waals surface area contributed by atoms with E-state index in [0.29, 0.717) is 6.42 Å². The lowest BCUT2D eigenvalue weighted by Crippen LogP contribution is -2.19. The van der Waals surface area contributed by atoms with Crippen molar-refractivity contribution in [3.8, 4) is 0 Å². The lowest BCUT2D eigenvalue weighted by Gasteiger charge is -2.11. The molecule has 1 heterocycles. The van der Waals surface area contributed by atoms with Crippen LogP contribution < -0.4 is 5.32 Å². The summed E-state index contributed by atoms with van der Waals surface area (Å²) in [7, 11) is 0. The highest BCUT2D eigenvalue weighted by molar-refractivity contribution is 9.10. The summed E-state index contributed by atoms with van der Waals surface area (Å²) in [6, 6.07) is 5.90. The van der Waals surface area contributed by atoms with Gasteiger partial charge in [-0.2, -0.15) is 0 Å². The van der Waals surface area contributed by atoms with E-state index < -0.39 is 0 Å². The van der Waals surface area contributed by atoms with Gasteiger partial charge in [-0.15, -0.1) is 0 Å². The van der Waals surface area contributed by atoms with Crippen LogP contribution >= 0.6 is 15.9 Å². The molecule has 2 rings (SSSR count). The molecule has 1 aliphatic rings. The second-order valence-electron chi connectivity index (χ2n) is 4.37. The number of rotatable bonds is 3. The molecule has 1 amide bonds. The van der Waals surface area contributed by atoms with E-state index in [1.165, 1.54) is 0 Å². The van der Waals surface area contributed by atoms with Gasteiger partial charge in [0.25, 0.3) is 0 Å². The third-order valence-electron chi connectivity index (χ3n) is 2.83. The van der Waals surface area contributed by atoms with Crippen molar-refractivity contribution in [1.82, 2.24) is 0 Å². The molecular weight excluding hydrogens is 282 g/mol. The van der Waals surface area contributed by atoms with Crippen molar-refractivity contribution in [2.24, 2.45) is 0 Å². The minimum atomic E-state index is 0.0169. The molecule has 0 bridgehead atoms. The highest BCUT2D eigenvalue weighted by Gasteiger charge is 2.19. The summed E-state index contributed by atoms with van der Waals surface area (Å²) in [6.07, 6.45) is 2.59. The van der Waals surface area contributed by atoms with Crippen molar-refractivity contribution in [3.05, 3.63) is 28.2 Å². The van der Waals surface area contributed by atoms with Gasteiger partial charge in [0.2, 0.25) is 5.91 Å². The van der Waals surface area contributed by atoms with E-state index in [0.717, 1.165) is 35.2 Å². The van der Waals surface area contributed by atoms with Crippen LogP contribution in [0.2, 0.25) is 0 Å². The maximum absolute atomic E-state index is 11.8. The Labute approximate surface area is 110 Å². The quantitative estimate of drug-likeness (QED) is 0.930. The number of carbonyl (C=O) groups is 1. The van der Waals surface area contributed by atoms with Gasteiger partial charge in [0.05, 0.1) is 18.2 Å². The Kier molecular flexibility index (Phi) is 4.18. The first-order valence-electron chi connectivity index (χ1n) is 5.83. The van der Waals surface area contributed by atoms with E-state index in [1.807, 2.05) is 25.1 Å². The number of nitrogens with one attached hydrogen (secondary N) is 1. The SMILES string of the molecule is Cc1ccc(Br)c(NC(=O)CC2CCCO2)c1. The van der Waals surface area contributed by atoms with E-state index in [1.54, 1.807) is 0 Å². The fourth-order valence-corrected chi connectivity index (χ4v) is 2.29. The molecule has 1 unspecified atom stereocenters. The fraction of sp³-hybridized carbons (Fsp3) is 0.462. The van der Waals surface area contributed by atoms with E-state index in [4.69, 9.17) is 4.74 Å². The number of carbonyl (C=O) groups excluding carboxylic acids is 1. The first-order chi connectivity index (χ1) is 8.15. The molecule has 0 spiro atoms. The number of anilines is 1. The monoisotopic (exact) mass is 297 g/mol. The van der Waals surface area contributed by atoms with Crippen molar-refractivity contribution >= 4 is 27.5 Å². The van der Waals surface area contributed by atoms with Crippen LogP contribution in [0.1, 0.15) is 24.8 Å². The molecule has 1 aliphatic heterocycles. The minimum absolute atomic E-state index is 0.0169. The van der Waals surface area contributed by atoms with Gasteiger partial charge in [0.1, 0.15) is 0 Å². The summed E-state index contributed by atoms with van der Waals surface area (Å²) in [6.45, 7) is 2.79. The second-order valence-corrected chi connectivity index (χ2v) is 5.22. The number of benzene rings is 1. The van der Waals surface area contributed by atoms with Gasteiger partial charge in [0, 0.05) is 11.1 Å². The Balaban J connectivity index is 1.95. The molecule has 1 aromatic rings. The molecule has 17 heavy (non-hydrogen) atoms. The Morgan fingerprint density at radius 3 is 3.12 bits per heavy atom. The topological polar surface area (TPSA) is 38.3 Å². The zero-order valence-corrected chi connectivity index (χ0v) is 11.4. The summed E-state index contributed by atoms with van der Waals surface area (Å²) in [5, 5.41) is 2.91. The maximum atomic E-state index is 11.8. The third kappa shape index (κ3) is 3.54. The number of hydrogen-bond donors (Lipinski definition) is 1. The van der Waals surface area contributed by atoms with Crippen LogP contribution in [0.4, 0.5) is 5.69 Å². The van der Waals surface area contributed by atoms with Crippen molar-refractivity contribution in [3.63, 3.8) is 0 Å². The molecule has 0 radical (unpaired) electrons. The Bertz CT molecular complexity index is 414. The highest BCUT2D eigenvalue weighted by Crippen LogP contribution is 2.24. The van der Waals surface area contributed by atoms with Gasteiger partial charge in [-0.1, -0.05) is 6.07 Å².